The van der Waals surface area contributed by atoms with Crippen LogP contribution in [0, 0.1) is 5.92 Å². The Morgan fingerprint density at radius 3 is 2.63 bits per heavy atom. The van der Waals surface area contributed by atoms with Crippen molar-refractivity contribution in [2.75, 3.05) is 19.6 Å². The first kappa shape index (κ1) is 19.7. The lowest BCUT2D eigenvalue weighted by atomic mass is 9.86. The van der Waals surface area contributed by atoms with Crippen LogP contribution >= 0.6 is 11.6 Å². The van der Waals surface area contributed by atoms with Gasteiger partial charge in [0.1, 0.15) is 23.5 Å². The van der Waals surface area contributed by atoms with Crippen LogP contribution in [0.3, 0.4) is 0 Å². The number of alkyl carbamates (subject to hydrolysis) is 1. The number of carbonyl (C=O) groups is 1. The Morgan fingerprint density at radius 1 is 1.17 bits per heavy atom. The van der Waals surface area contributed by atoms with Crippen LogP contribution in [-0.4, -0.2) is 42.3 Å². The molecule has 158 valence electrons. The summed E-state index contributed by atoms with van der Waals surface area (Å²) in [6, 6.07) is 13.6. The predicted octanol–water partition coefficient (Wildman–Crippen LogP) is 5.04. The first-order chi connectivity index (χ1) is 14.4. The van der Waals surface area contributed by atoms with Crippen LogP contribution in [0.15, 0.2) is 42.5 Å². The zero-order valence-electron chi connectivity index (χ0n) is 17.4. The SMILES string of the molecule is CC1(C)Oc2cc(-c3cccc(Cl)c3)ccc2C1NC(=O)O[C@@H]1CN2CCC1CC2. The molecule has 0 radical (unpaired) electrons. The standard InChI is InChI=1S/C24H27ClN2O3/c1-24(2)22(26-23(28)29-21-14-27-10-8-15(21)9-11-27)19-7-6-17(13-20(19)30-24)16-4-3-5-18(25)12-16/h3-7,12-13,15,21-22H,8-11,14H2,1-2H3,(H,26,28)/t21-,22?/m1/s1. The second-order valence-electron chi connectivity index (χ2n) is 9.13. The molecule has 0 aliphatic carbocycles. The zero-order valence-corrected chi connectivity index (χ0v) is 18.1. The maximum atomic E-state index is 12.7. The highest BCUT2D eigenvalue weighted by atomic mass is 35.5. The number of piperidine rings is 3. The molecule has 2 bridgehead atoms. The van der Waals surface area contributed by atoms with E-state index in [1.54, 1.807) is 0 Å². The third kappa shape index (κ3) is 3.65. The van der Waals surface area contributed by atoms with Crippen LogP contribution in [0.5, 0.6) is 5.75 Å². The number of nitrogens with one attached hydrogen (secondary N) is 1. The van der Waals surface area contributed by atoms with E-state index in [9.17, 15) is 4.79 Å². The van der Waals surface area contributed by atoms with Gasteiger partial charge in [0.15, 0.2) is 0 Å². The molecule has 2 aromatic carbocycles. The molecule has 1 unspecified atom stereocenters. The molecular formula is C24H27ClN2O3. The quantitative estimate of drug-likeness (QED) is 0.747. The van der Waals surface area contributed by atoms with Crippen LogP contribution in [-0.2, 0) is 4.74 Å². The highest BCUT2D eigenvalue weighted by Gasteiger charge is 2.43. The molecule has 3 saturated heterocycles. The molecule has 6 rings (SSSR count). The number of ether oxygens (including phenoxy) is 2. The van der Waals surface area contributed by atoms with Crippen LogP contribution in [0.2, 0.25) is 5.02 Å². The van der Waals surface area contributed by atoms with Crippen LogP contribution in [0.25, 0.3) is 11.1 Å². The second-order valence-corrected chi connectivity index (χ2v) is 9.56. The maximum absolute atomic E-state index is 12.7. The molecule has 1 amide bonds. The Hall–Kier alpha value is -2.24. The molecule has 0 saturated carbocycles. The number of rotatable bonds is 3. The molecule has 4 aliphatic rings. The van der Waals surface area contributed by atoms with Gasteiger partial charge < -0.3 is 14.8 Å². The van der Waals surface area contributed by atoms with Gasteiger partial charge in [-0.2, -0.15) is 0 Å². The van der Waals surface area contributed by atoms with Gasteiger partial charge in [-0.05, 0) is 75.0 Å². The Bertz CT molecular complexity index is 969. The molecule has 4 aliphatic heterocycles. The predicted molar refractivity (Wildman–Crippen MR) is 117 cm³/mol. The van der Waals surface area contributed by atoms with Crippen molar-refractivity contribution in [2.45, 2.75) is 44.4 Å². The lowest BCUT2D eigenvalue weighted by molar-refractivity contribution is -0.0358. The van der Waals surface area contributed by atoms with Crippen molar-refractivity contribution < 1.29 is 14.3 Å². The van der Waals surface area contributed by atoms with Crippen LogP contribution in [0.1, 0.15) is 38.3 Å². The summed E-state index contributed by atoms with van der Waals surface area (Å²) in [5, 5.41) is 3.77. The van der Waals surface area contributed by atoms with E-state index >= 15 is 0 Å². The number of halogens is 1. The first-order valence-electron chi connectivity index (χ1n) is 10.7. The van der Waals surface area contributed by atoms with Crippen LogP contribution in [0.4, 0.5) is 4.79 Å². The summed E-state index contributed by atoms with van der Waals surface area (Å²) in [5.74, 6) is 1.27. The number of nitrogens with zero attached hydrogens (tertiary/aromatic N) is 1. The first-order valence-corrected chi connectivity index (χ1v) is 11.1. The van der Waals surface area contributed by atoms with Crippen molar-refractivity contribution in [1.82, 2.24) is 10.2 Å². The van der Waals surface area contributed by atoms with Gasteiger partial charge in [-0.1, -0.05) is 35.9 Å². The van der Waals surface area contributed by atoms with Gasteiger partial charge in [-0.25, -0.2) is 4.79 Å². The van der Waals surface area contributed by atoms with Gasteiger partial charge in [0.2, 0.25) is 0 Å². The van der Waals surface area contributed by atoms with E-state index in [1.165, 1.54) is 0 Å². The number of amides is 1. The van der Waals surface area contributed by atoms with Crippen molar-refractivity contribution in [3.8, 4) is 16.9 Å². The Morgan fingerprint density at radius 2 is 1.93 bits per heavy atom. The number of hydrogen-bond acceptors (Lipinski definition) is 4. The summed E-state index contributed by atoms with van der Waals surface area (Å²) in [6.45, 7) is 7.08. The van der Waals surface area contributed by atoms with E-state index in [0.29, 0.717) is 10.9 Å². The fraction of sp³-hybridized carbons (Fsp3) is 0.458. The summed E-state index contributed by atoms with van der Waals surface area (Å²) in [6.07, 6.45) is 1.86. The van der Waals surface area contributed by atoms with Gasteiger partial charge in [0.05, 0.1) is 0 Å². The molecule has 3 fully saturated rings. The van der Waals surface area contributed by atoms with Crippen molar-refractivity contribution in [1.29, 1.82) is 0 Å². The topological polar surface area (TPSA) is 50.8 Å². The van der Waals surface area contributed by atoms with E-state index in [4.69, 9.17) is 21.1 Å². The smallest absolute Gasteiger partial charge is 0.408 e. The molecule has 5 nitrogen and oxygen atoms in total. The van der Waals surface area contributed by atoms with Gasteiger partial charge in [-0.3, -0.25) is 4.90 Å². The average molecular weight is 427 g/mol. The summed E-state index contributed by atoms with van der Waals surface area (Å²) >= 11 is 6.15. The molecule has 2 atom stereocenters. The summed E-state index contributed by atoms with van der Waals surface area (Å²) in [5.41, 5.74) is 2.47. The third-order valence-electron chi connectivity index (χ3n) is 6.67. The van der Waals surface area contributed by atoms with E-state index in [2.05, 4.69) is 10.2 Å². The maximum Gasteiger partial charge on any atom is 0.408 e. The molecule has 6 heteroatoms. The minimum Gasteiger partial charge on any atom is -0.485 e. The highest BCUT2D eigenvalue weighted by molar-refractivity contribution is 6.30. The van der Waals surface area contributed by atoms with E-state index in [0.717, 1.165) is 54.9 Å². The molecule has 0 aromatic heterocycles. The fourth-order valence-electron chi connectivity index (χ4n) is 5.01. The summed E-state index contributed by atoms with van der Waals surface area (Å²) < 4.78 is 12.1. The Kier molecular flexibility index (Phi) is 4.91. The van der Waals surface area contributed by atoms with Crippen molar-refractivity contribution in [2.24, 2.45) is 5.92 Å². The number of carbonyl (C=O) groups excluding carboxylic acids is 1. The van der Waals surface area contributed by atoms with E-state index in [1.807, 2.05) is 56.3 Å². The van der Waals surface area contributed by atoms with Gasteiger partial charge in [-0.15, -0.1) is 0 Å². The Labute approximate surface area is 182 Å². The van der Waals surface area contributed by atoms with Crippen molar-refractivity contribution in [3.63, 3.8) is 0 Å². The molecule has 2 aromatic rings. The van der Waals surface area contributed by atoms with Gasteiger partial charge in [0.25, 0.3) is 0 Å². The van der Waals surface area contributed by atoms with Crippen molar-refractivity contribution in [3.05, 3.63) is 53.1 Å². The number of benzene rings is 2. The normalized spacial score (nSPS) is 28.5. The molecular weight excluding hydrogens is 400 g/mol. The number of fused-ring (bicyclic) bond motifs is 4. The van der Waals surface area contributed by atoms with Gasteiger partial charge >= 0.3 is 6.09 Å². The lowest BCUT2D eigenvalue weighted by Gasteiger charge is -2.44. The van der Waals surface area contributed by atoms with E-state index < -0.39 is 5.60 Å². The second kappa shape index (κ2) is 7.47. The van der Waals surface area contributed by atoms with E-state index in [-0.39, 0.29) is 18.2 Å². The zero-order chi connectivity index (χ0) is 20.9. The Balaban J connectivity index is 1.33. The molecule has 30 heavy (non-hydrogen) atoms. The molecule has 4 heterocycles. The largest absolute Gasteiger partial charge is 0.485 e. The minimum atomic E-state index is -0.566. The average Bonchev–Trinajstić information content (AvgIpc) is 2.97. The monoisotopic (exact) mass is 426 g/mol. The minimum absolute atomic E-state index is 0.0115. The fourth-order valence-corrected chi connectivity index (χ4v) is 5.20. The third-order valence-corrected chi connectivity index (χ3v) is 6.90. The van der Waals surface area contributed by atoms with Crippen molar-refractivity contribution >= 4 is 17.7 Å². The summed E-state index contributed by atoms with van der Waals surface area (Å²) in [7, 11) is 0. The van der Waals surface area contributed by atoms with Gasteiger partial charge in [0, 0.05) is 17.1 Å². The molecule has 1 N–H and O–H groups in total. The summed E-state index contributed by atoms with van der Waals surface area (Å²) in [4.78, 5) is 15.1. The lowest BCUT2D eigenvalue weighted by Crippen LogP contribution is -2.53. The highest BCUT2D eigenvalue weighted by Crippen LogP contribution is 2.45. The number of hydrogen-bond donors (Lipinski definition) is 1. The molecule has 0 spiro atoms. The van der Waals surface area contributed by atoms with Crippen LogP contribution < -0.4 is 10.1 Å².